The van der Waals surface area contributed by atoms with Gasteiger partial charge in [-0.1, -0.05) is 48.0 Å². The summed E-state index contributed by atoms with van der Waals surface area (Å²) < 4.78 is 0. The number of benzene rings is 2. The van der Waals surface area contributed by atoms with Gasteiger partial charge in [0.15, 0.2) is 0 Å². The molecular formula is C20H17ClN2O2. The molecule has 0 unspecified atom stereocenters. The Labute approximate surface area is 150 Å². The van der Waals surface area contributed by atoms with Crippen LogP contribution in [0.4, 0.5) is 11.4 Å². The van der Waals surface area contributed by atoms with Crippen molar-refractivity contribution in [2.24, 2.45) is 0 Å². The van der Waals surface area contributed by atoms with Crippen molar-refractivity contribution in [2.45, 2.75) is 0 Å². The lowest BCUT2D eigenvalue weighted by Gasteiger charge is -2.38. The molecule has 126 valence electrons. The number of halogens is 1. The molecule has 0 spiro atoms. The number of hydrogen-bond acceptors (Lipinski definition) is 4. The minimum Gasteiger partial charge on any atom is -0.368 e. The maximum absolute atomic E-state index is 12.2. The number of piperazine rings is 1. The second kappa shape index (κ2) is 6.37. The van der Waals surface area contributed by atoms with Crippen LogP contribution in [0.3, 0.4) is 0 Å². The van der Waals surface area contributed by atoms with Gasteiger partial charge in [0.25, 0.3) is 0 Å². The average Bonchev–Trinajstić information content (AvgIpc) is 2.66. The molecule has 1 aliphatic rings. The molecule has 0 aromatic heterocycles. The molecule has 0 aliphatic carbocycles. The van der Waals surface area contributed by atoms with Crippen LogP contribution in [0.25, 0.3) is 11.1 Å². The Hall–Kier alpha value is -2.59. The fourth-order valence-corrected chi connectivity index (χ4v) is 3.60. The van der Waals surface area contributed by atoms with E-state index in [1.165, 1.54) is 0 Å². The van der Waals surface area contributed by atoms with Gasteiger partial charge >= 0.3 is 0 Å². The third kappa shape index (κ3) is 2.83. The first-order chi connectivity index (χ1) is 12.1. The number of rotatable bonds is 3. The van der Waals surface area contributed by atoms with Crippen LogP contribution < -0.4 is 20.7 Å². The van der Waals surface area contributed by atoms with Crippen molar-refractivity contribution in [1.29, 1.82) is 0 Å². The molecule has 4 nitrogen and oxygen atoms in total. The van der Waals surface area contributed by atoms with Crippen LogP contribution >= 0.6 is 11.6 Å². The molecule has 0 saturated carbocycles. The Bertz CT molecular complexity index is 969. The zero-order valence-electron chi connectivity index (χ0n) is 13.6. The van der Waals surface area contributed by atoms with Gasteiger partial charge in [0.05, 0.1) is 5.56 Å². The summed E-state index contributed by atoms with van der Waals surface area (Å²) in [4.78, 5) is 28.5. The van der Waals surface area contributed by atoms with Crippen LogP contribution in [0.15, 0.2) is 64.2 Å². The van der Waals surface area contributed by atoms with Crippen LogP contribution in [-0.2, 0) is 0 Å². The summed E-state index contributed by atoms with van der Waals surface area (Å²) in [5.74, 6) is 0. The van der Waals surface area contributed by atoms with E-state index in [1.807, 2.05) is 59.5 Å². The van der Waals surface area contributed by atoms with E-state index in [1.54, 1.807) is 0 Å². The van der Waals surface area contributed by atoms with Crippen LogP contribution in [0.1, 0.15) is 0 Å². The van der Waals surface area contributed by atoms with Gasteiger partial charge in [-0.15, -0.1) is 0 Å². The monoisotopic (exact) mass is 352 g/mol. The van der Waals surface area contributed by atoms with E-state index in [0.717, 1.165) is 24.3 Å². The SMILES string of the molecule is O=c1c(-c2ccccc2)c(N2CCN(c3cccc(Cl)c3)CC2)c1=O. The maximum Gasteiger partial charge on any atom is 0.250 e. The van der Waals surface area contributed by atoms with E-state index >= 15 is 0 Å². The van der Waals surface area contributed by atoms with Crippen molar-refractivity contribution in [2.75, 3.05) is 36.0 Å². The van der Waals surface area contributed by atoms with E-state index in [0.29, 0.717) is 29.4 Å². The minimum atomic E-state index is -0.376. The number of hydrogen-bond donors (Lipinski definition) is 0. The first-order valence-electron chi connectivity index (χ1n) is 8.29. The minimum absolute atomic E-state index is 0.366. The molecule has 5 heteroatoms. The van der Waals surface area contributed by atoms with Gasteiger partial charge < -0.3 is 9.80 Å². The van der Waals surface area contributed by atoms with E-state index < -0.39 is 0 Å². The first kappa shape index (κ1) is 15.9. The number of anilines is 2. The highest BCUT2D eigenvalue weighted by molar-refractivity contribution is 6.30. The van der Waals surface area contributed by atoms with Gasteiger partial charge in [-0.25, -0.2) is 0 Å². The van der Waals surface area contributed by atoms with E-state index in [4.69, 9.17) is 11.6 Å². The van der Waals surface area contributed by atoms with Crippen LogP contribution in [-0.4, -0.2) is 26.2 Å². The zero-order valence-corrected chi connectivity index (χ0v) is 14.4. The summed E-state index contributed by atoms with van der Waals surface area (Å²) in [5.41, 5.74) is 2.29. The van der Waals surface area contributed by atoms with Gasteiger partial charge in [-0.2, -0.15) is 0 Å². The molecule has 3 aromatic rings. The summed E-state index contributed by atoms with van der Waals surface area (Å²) in [7, 11) is 0. The van der Waals surface area contributed by atoms with Gasteiger partial charge in [0, 0.05) is 36.9 Å². The van der Waals surface area contributed by atoms with Gasteiger partial charge in [-0.05, 0) is 23.8 Å². The molecule has 4 rings (SSSR count). The highest BCUT2D eigenvalue weighted by Crippen LogP contribution is 2.28. The van der Waals surface area contributed by atoms with Crippen molar-refractivity contribution in [1.82, 2.24) is 0 Å². The molecular weight excluding hydrogens is 336 g/mol. The summed E-state index contributed by atoms with van der Waals surface area (Å²) in [6, 6.07) is 17.2. The molecule has 0 amide bonds. The molecule has 0 N–H and O–H groups in total. The topological polar surface area (TPSA) is 40.6 Å². The lowest BCUT2D eigenvalue weighted by atomic mass is 9.97. The Kier molecular flexibility index (Phi) is 4.06. The maximum atomic E-state index is 12.2. The van der Waals surface area contributed by atoms with Crippen molar-refractivity contribution in [3.63, 3.8) is 0 Å². The Morgan fingerprint density at radius 3 is 2.12 bits per heavy atom. The van der Waals surface area contributed by atoms with Gasteiger partial charge in [-0.3, -0.25) is 9.59 Å². The predicted molar refractivity (Wildman–Crippen MR) is 103 cm³/mol. The van der Waals surface area contributed by atoms with Crippen LogP contribution in [0.5, 0.6) is 0 Å². The molecule has 1 heterocycles. The molecule has 0 bridgehead atoms. The second-order valence-corrected chi connectivity index (χ2v) is 6.64. The standard InChI is InChI=1S/C20H17ClN2O2/c21-15-7-4-8-16(13-15)22-9-11-23(12-10-22)18-17(19(24)20(18)25)14-5-2-1-3-6-14/h1-8,13H,9-12H2. The van der Waals surface area contributed by atoms with Gasteiger partial charge in [0.1, 0.15) is 5.69 Å². The van der Waals surface area contributed by atoms with E-state index in [9.17, 15) is 9.59 Å². The van der Waals surface area contributed by atoms with Gasteiger partial charge in [0.2, 0.25) is 10.9 Å². The van der Waals surface area contributed by atoms with Crippen molar-refractivity contribution < 1.29 is 0 Å². The quantitative estimate of drug-likeness (QED) is 0.680. The molecule has 25 heavy (non-hydrogen) atoms. The lowest BCUT2D eigenvalue weighted by molar-refractivity contribution is 0.651. The Balaban J connectivity index is 1.55. The summed E-state index contributed by atoms with van der Waals surface area (Å²) in [6.07, 6.45) is 0. The van der Waals surface area contributed by atoms with Crippen molar-refractivity contribution >= 4 is 23.0 Å². The van der Waals surface area contributed by atoms with Crippen LogP contribution in [0, 0.1) is 0 Å². The van der Waals surface area contributed by atoms with E-state index in [2.05, 4.69) is 4.90 Å². The fourth-order valence-electron chi connectivity index (χ4n) is 3.42. The highest BCUT2D eigenvalue weighted by Gasteiger charge is 2.29. The molecule has 0 radical (unpaired) electrons. The van der Waals surface area contributed by atoms with Crippen molar-refractivity contribution in [3.8, 4) is 11.1 Å². The highest BCUT2D eigenvalue weighted by atomic mass is 35.5. The molecule has 1 aliphatic heterocycles. The Morgan fingerprint density at radius 2 is 1.44 bits per heavy atom. The summed E-state index contributed by atoms with van der Waals surface area (Å²) >= 11 is 6.07. The average molecular weight is 353 g/mol. The largest absolute Gasteiger partial charge is 0.368 e. The summed E-state index contributed by atoms with van der Waals surface area (Å²) in [5, 5.41) is 0.716. The second-order valence-electron chi connectivity index (χ2n) is 6.20. The molecule has 1 fully saturated rings. The predicted octanol–water partition coefficient (Wildman–Crippen LogP) is 2.93. The third-order valence-electron chi connectivity index (χ3n) is 4.72. The van der Waals surface area contributed by atoms with Crippen molar-refractivity contribution in [3.05, 3.63) is 80.1 Å². The molecule has 1 saturated heterocycles. The molecule has 0 atom stereocenters. The van der Waals surface area contributed by atoms with E-state index in [-0.39, 0.29) is 10.9 Å². The smallest absolute Gasteiger partial charge is 0.250 e. The Morgan fingerprint density at radius 1 is 0.760 bits per heavy atom. The number of nitrogens with zero attached hydrogens (tertiary/aromatic N) is 2. The fraction of sp³-hybridized carbons (Fsp3) is 0.200. The van der Waals surface area contributed by atoms with Crippen LogP contribution in [0.2, 0.25) is 5.02 Å². The zero-order chi connectivity index (χ0) is 17.4. The summed E-state index contributed by atoms with van der Waals surface area (Å²) in [6.45, 7) is 2.98. The third-order valence-corrected chi connectivity index (χ3v) is 4.95. The molecule has 3 aromatic carbocycles. The normalized spacial score (nSPS) is 14.9. The first-order valence-corrected chi connectivity index (χ1v) is 8.67. The lowest BCUT2D eigenvalue weighted by Crippen LogP contribution is -2.51.